The van der Waals surface area contributed by atoms with Crippen LogP contribution in [0.1, 0.15) is 33.4 Å². The summed E-state index contributed by atoms with van der Waals surface area (Å²) in [7, 11) is 0. The quantitative estimate of drug-likeness (QED) is 0.190. The van der Waals surface area contributed by atoms with Crippen molar-refractivity contribution in [1.29, 1.82) is 0 Å². The third-order valence-corrected chi connectivity index (χ3v) is 10.4. The molecule has 3 heteroatoms. The van der Waals surface area contributed by atoms with Crippen LogP contribution in [0.4, 0.5) is 0 Å². The highest BCUT2D eigenvalue weighted by Crippen LogP contribution is 2.58. The lowest BCUT2D eigenvalue weighted by Gasteiger charge is -2.35. The smallest absolute Gasteiger partial charge is 0.160 e. The fourth-order valence-electron chi connectivity index (χ4n) is 8.14. The molecule has 0 amide bonds. The minimum atomic E-state index is -0.455. The van der Waals surface area contributed by atoms with Gasteiger partial charge in [0.15, 0.2) is 5.82 Å². The van der Waals surface area contributed by atoms with Crippen LogP contribution in [0.2, 0.25) is 0 Å². The van der Waals surface area contributed by atoms with Crippen molar-refractivity contribution in [3.05, 3.63) is 210 Å². The summed E-state index contributed by atoms with van der Waals surface area (Å²) in [5.74, 6) is 0.694. The van der Waals surface area contributed by atoms with Crippen LogP contribution in [-0.4, -0.2) is 15.0 Å². The molecule has 2 aliphatic rings. The monoisotopic (exact) mass is 649 g/mol. The molecule has 0 N–H and O–H groups in total. The van der Waals surface area contributed by atoms with Crippen molar-refractivity contribution in [2.75, 3.05) is 0 Å². The Morgan fingerprint density at radius 1 is 0.373 bits per heavy atom. The van der Waals surface area contributed by atoms with Crippen LogP contribution in [0, 0.1) is 0 Å². The molecular weight excluding hydrogens is 619 g/mol. The standard InChI is InChI=1S/C48H31N3/c1-2-13-35(14-3-1)45-30-46(51-47(50-45)36-24-20-32(21-25-36)38-15-10-28-49-31-38)37-26-27-44-40(29-37)39-16-6-9-19-43(39)48(44)41-17-7-4-11-33(41)22-23-34-12-5-8-18-42(34)48/h1-31H. The third-order valence-electron chi connectivity index (χ3n) is 10.4. The first-order chi connectivity index (χ1) is 25.3. The maximum absolute atomic E-state index is 5.24. The number of pyridine rings is 1. The van der Waals surface area contributed by atoms with E-state index in [0.29, 0.717) is 5.82 Å². The van der Waals surface area contributed by atoms with E-state index >= 15 is 0 Å². The zero-order valence-electron chi connectivity index (χ0n) is 27.7. The molecule has 0 unspecified atom stereocenters. The van der Waals surface area contributed by atoms with Gasteiger partial charge in [0.1, 0.15) is 0 Å². The third kappa shape index (κ3) is 4.63. The lowest BCUT2D eigenvalue weighted by Crippen LogP contribution is -2.29. The Balaban J connectivity index is 1.17. The summed E-state index contributed by atoms with van der Waals surface area (Å²) in [4.78, 5) is 14.6. The van der Waals surface area contributed by atoms with Crippen molar-refractivity contribution in [1.82, 2.24) is 15.0 Å². The second kappa shape index (κ2) is 11.7. The molecule has 0 fully saturated rings. The molecular formula is C48H31N3. The van der Waals surface area contributed by atoms with Gasteiger partial charge in [-0.3, -0.25) is 4.98 Å². The van der Waals surface area contributed by atoms with Gasteiger partial charge in [0.25, 0.3) is 0 Å². The summed E-state index contributed by atoms with van der Waals surface area (Å²) in [5.41, 5.74) is 16.8. The van der Waals surface area contributed by atoms with Gasteiger partial charge in [0.2, 0.25) is 0 Å². The minimum absolute atomic E-state index is 0.455. The molecule has 2 aliphatic carbocycles. The van der Waals surface area contributed by atoms with E-state index in [0.717, 1.165) is 39.2 Å². The van der Waals surface area contributed by atoms with E-state index in [1.807, 2.05) is 18.3 Å². The van der Waals surface area contributed by atoms with E-state index in [9.17, 15) is 0 Å². The molecule has 2 aromatic heterocycles. The molecule has 0 bridgehead atoms. The van der Waals surface area contributed by atoms with Gasteiger partial charge in [-0.2, -0.15) is 0 Å². The molecule has 0 atom stereocenters. The van der Waals surface area contributed by atoms with Crippen LogP contribution in [0.25, 0.3) is 68.3 Å². The second-order valence-corrected chi connectivity index (χ2v) is 13.2. The number of benzene rings is 6. The van der Waals surface area contributed by atoms with Gasteiger partial charge in [0.05, 0.1) is 16.8 Å². The number of hydrogen-bond acceptors (Lipinski definition) is 3. The van der Waals surface area contributed by atoms with Crippen LogP contribution in [0.3, 0.4) is 0 Å². The Hall–Kier alpha value is -6.71. The van der Waals surface area contributed by atoms with Crippen LogP contribution in [0.5, 0.6) is 0 Å². The summed E-state index contributed by atoms with van der Waals surface area (Å²) in [6.45, 7) is 0. The van der Waals surface area contributed by atoms with Gasteiger partial charge in [-0.05, 0) is 73.8 Å². The van der Waals surface area contributed by atoms with E-state index in [-0.39, 0.29) is 0 Å². The first-order valence-electron chi connectivity index (χ1n) is 17.3. The maximum atomic E-state index is 5.24. The molecule has 10 rings (SSSR count). The molecule has 1 spiro atoms. The summed E-state index contributed by atoms with van der Waals surface area (Å²) >= 11 is 0. The minimum Gasteiger partial charge on any atom is -0.264 e. The van der Waals surface area contributed by atoms with Gasteiger partial charge in [-0.25, -0.2) is 9.97 Å². The summed E-state index contributed by atoms with van der Waals surface area (Å²) < 4.78 is 0. The maximum Gasteiger partial charge on any atom is 0.160 e. The van der Waals surface area contributed by atoms with Crippen molar-refractivity contribution in [2.45, 2.75) is 5.41 Å². The van der Waals surface area contributed by atoms with Crippen molar-refractivity contribution in [3.63, 3.8) is 0 Å². The molecule has 238 valence electrons. The second-order valence-electron chi connectivity index (χ2n) is 13.2. The SMILES string of the molecule is C1=Cc2ccccc2C2(c3ccccc31)c1ccccc1-c1cc(-c3cc(-c4ccccc4)nc(-c4ccc(-c5cccnc5)cc4)n3)ccc12. The van der Waals surface area contributed by atoms with Gasteiger partial charge in [0, 0.05) is 29.1 Å². The zero-order chi connectivity index (χ0) is 33.8. The summed E-state index contributed by atoms with van der Waals surface area (Å²) in [5, 5.41) is 0. The average Bonchev–Trinajstić information content (AvgIpc) is 3.41. The zero-order valence-corrected chi connectivity index (χ0v) is 27.7. The predicted octanol–water partition coefficient (Wildman–Crippen LogP) is 11.4. The van der Waals surface area contributed by atoms with E-state index in [4.69, 9.17) is 9.97 Å². The van der Waals surface area contributed by atoms with Crippen molar-refractivity contribution in [3.8, 4) is 56.2 Å². The first kappa shape index (κ1) is 29.2. The molecule has 0 saturated carbocycles. The van der Waals surface area contributed by atoms with Crippen molar-refractivity contribution >= 4 is 12.2 Å². The van der Waals surface area contributed by atoms with Crippen LogP contribution in [0.15, 0.2) is 176 Å². The highest BCUT2D eigenvalue weighted by atomic mass is 14.9. The van der Waals surface area contributed by atoms with E-state index in [1.54, 1.807) is 6.20 Å². The Labute approximate surface area is 297 Å². The fourth-order valence-corrected chi connectivity index (χ4v) is 8.14. The number of rotatable bonds is 4. The Bertz CT molecular complexity index is 2570. The molecule has 2 heterocycles. The Kier molecular flexibility index (Phi) is 6.71. The van der Waals surface area contributed by atoms with E-state index in [1.165, 1.54) is 44.5 Å². The molecule has 0 aliphatic heterocycles. The first-order valence-corrected chi connectivity index (χ1v) is 17.3. The normalized spacial score (nSPS) is 13.2. The number of aromatic nitrogens is 3. The number of fused-ring (bicyclic) bond motifs is 9. The largest absolute Gasteiger partial charge is 0.264 e. The number of nitrogens with zero attached hydrogens (tertiary/aromatic N) is 3. The van der Waals surface area contributed by atoms with Gasteiger partial charge >= 0.3 is 0 Å². The van der Waals surface area contributed by atoms with Gasteiger partial charge in [-0.1, -0.05) is 158 Å². The van der Waals surface area contributed by atoms with Crippen LogP contribution >= 0.6 is 0 Å². The molecule has 3 nitrogen and oxygen atoms in total. The molecule has 8 aromatic rings. The lowest BCUT2D eigenvalue weighted by atomic mass is 9.66. The topological polar surface area (TPSA) is 38.7 Å². The van der Waals surface area contributed by atoms with E-state index < -0.39 is 5.41 Å². The Morgan fingerprint density at radius 2 is 0.941 bits per heavy atom. The highest BCUT2D eigenvalue weighted by molar-refractivity contribution is 5.92. The molecule has 6 aromatic carbocycles. The fraction of sp³-hybridized carbons (Fsp3) is 0.0208. The summed E-state index contributed by atoms with van der Waals surface area (Å²) in [6, 6.07) is 58.6. The number of hydrogen-bond donors (Lipinski definition) is 0. The van der Waals surface area contributed by atoms with Crippen LogP contribution < -0.4 is 0 Å². The van der Waals surface area contributed by atoms with Gasteiger partial charge < -0.3 is 0 Å². The molecule has 0 radical (unpaired) electrons. The highest BCUT2D eigenvalue weighted by Gasteiger charge is 2.48. The lowest BCUT2D eigenvalue weighted by molar-refractivity contribution is 0.766. The molecule has 51 heavy (non-hydrogen) atoms. The van der Waals surface area contributed by atoms with Gasteiger partial charge in [-0.15, -0.1) is 0 Å². The average molecular weight is 650 g/mol. The Morgan fingerprint density at radius 3 is 1.65 bits per heavy atom. The predicted molar refractivity (Wildman–Crippen MR) is 208 cm³/mol. The molecule has 0 saturated heterocycles. The van der Waals surface area contributed by atoms with Crippen LogP contribution in [-0.2, 0) is 5.41 Å². The van der Waals surface area contributed by atoms with Crippen molar-refractivity contribution < 1.29 is 0 Å². The van der Waals surface area contributed by atoms with E-state index in [2.05, 4.69) is 169 Å². The van der Waals surface area contributed by atoms with Crippen molar-refractivity contribution in [2.24, 2.45) is 0 Å². The summed E-state index contributed by atoms with van der Waals surface area (Å²) in [6.07, 6.45) is 8.23.